The number of benzene rings is 2. The summed E-state index contributed by atoms with van der Waals surface area (Å²) in [5, 5.41) is 2.26. The van der Waals surface area contributed by atoms with Gasteiger partial charge in [-0.05, 0) is 16.3 Å². The Morgan fingerprint density at radius 3 is 2.75 bits per heavy atom. The normalized spacial score (nSPS) is 18.8. The van der Waals surface area contributed by atoms with E-state index < -0.39 is 6.04 Å². The van der Waals surface area contributed by atoms with E-state index in [0.29, 0.717) is 0 Å². The van der Waals surface area contributed by atoms with E-state index in [1.54, 1.807) is 6.08 Å². The molecule has 0 heterocycles. The fraction of sp³-hybridized carbons (Fsp3) is 0.0714. The molecule has 1 aliphatic carbocycles. The van der Waals surface area contributed by atoms with Gasteiger partial charge in [0, 0.05) is 5.56 Å². The average molecular weight is 209 g/mol. The monoisotopic (exact) mass is 209 g/mol. The Bertz CT molecular complexity index is 613. The fourth-order valence-electron chi connectivity index (χ4n) is 2.16. The number of carbonyl (C=O) groups excluding carboxylic acids is 1. The molecule has 0 aliphatic heterocycles. The largest absolute Gasteiger partial charge is 0.318 e. The van der Waals surface area contributed by atoms with Crippen LogP contribution in [0.4, 0.5) is 0 Å². The second-order valence-electron chi connectivity index (χ2n) is 4.00. The third-order valence-corrected chi connectivity index (χ3v) is 3.01. The van der Waals surface area contributed by atoms with Gasteiger partial charge in [-0.2, -0.15) is 0 Å². The molecule has 16 heavy (non-hydrogen) atoms. The summed E-state index contributed by atoms with van der Waals surface area (Å²) < 4.78 is 0. The zero-order valence-electron chi connectivity index (χ0n) is 8.68. The van der Waals surface area contributed by atoms with Crippen molar-refractivity contribution in [3.05, 3.63) is 53.6 Å². The standard InChI is InChI=1S/C14H11NO/c15-13-8-7-11-10-4-2-1-3-9(10)5-6-12(11)14(13)16/h1-8,13H,15H2. The zero-order valence-corrected chi connectivity index (χ0v) is 8.68. The van der Waals surface area contributed by atoms with Gasteiger partial charge < -0.3 is 5.73 Å². The molecule has 3 rings (SSSR count). The quantitative estimate of drug-likeness (QED) is 0.723. The highest BCUT2D eigenvalue weighted by Crippen LogP contribution is 2.27. The van der Waals surface area contributed by atoms with Crippen LogP contribution in [0, 0.1) is 0 Å². The molecule has 2 aromatic carbocycles. The molecule has 2 nitrogen and oxygen atoms in total. The first-order chi connectivity index (χ1) is 7.77. The van der Waals surface area contributed by atoms with Crippen LogP contribution in [0.15, 0.2) is 42.5 Å². The van der Waals surface area contributed by atoms with Crippen LogP contribution in [0.1, 0.15) is 15.9 Å². The molecule has 2 N–H and O–H groups in total. The van der Waals surface area contributed by atoms with Gasteiger partial charge in [-0.3, -0.25) is 4.79 Å². The third kappa shape index (κ3) is 1.20. The van der Waals surface area contributed by atoms with Gasteiger partial charge in [0.1, 0.15) is 0 Å². The van der Waals surface area contributed by atoms with E-state index in [1.165, 1.54) is 0 Å². The fourth-order valence-corrected chi connectivity index (χ4v) is 2.16. The molecule has 2 heteroatoms. The smallest absolute Gasteiger partial charge is 0.184 e. The lowest BCUT2D eigenvalue weighted by molar-refractivity contribution is 0.0976. The molecule has 0 aromatic heterocycles. The second kappa shape index (κ2) is 3.29. The van der Waals surface area contributed by atoms with E-state index in [9.17, 15) is 4.79 Å². The van der Waals surface area contributed by atoms with E-state index in [2.05, 4.69) is 0 Å². The van der Waals surface area contributed by atoms with Crippen molar-refractivity contribution >= 4 is 22.6 Å². The number of ketones is 1. The molecule has 0 saturated carbocycles. The lowest BCUT2D eigenvalue weighted by atomic mass is 9.89. The van der Waals surface area contributed by atoms with Crippen LogP contribution in [-0.2, 0) is 0 Å². The Balaban J connectivity index is 2.39. The third-order valence-electron chi connectivity index (χ3n) is 3.01. The van der Waals surface area contributed by atoms with Crippen molar-refractivity contribution in [2.24, 2.45) is 5.73 Å². The summed E-state index contributed by atoms with van der Waals surface area (Å²) in [6, 6.07) is 11.4. The Kier molecular flexibility index (Phi) is 1.91. The van der Waals surface area contributed by atoms with Gasteiger partial charge in [0.25, 0.3) is 0 Å². The lowest BCUT2D eigenvalue weighted by Gasteiger charge is -2.16. The molecular formula is C14H11NO. The van der Waals surface area contributed by atoms with Crippen LogP contribution >= 0.6 is 0 Å². The number of hydrogen-bond donors (Lipinski definition) is 1. The van der Waals surface area contributed by atoms with Gasteiger partial charge in [-0.1, -0.05) is 48.6 Å². The molecule has 78 valence electrons. The van der Waals surface area contributed by atoms with Gasteiger partial charge in [0.2, 0.25) is 0 Å². The molecule has 1 aliphatic rings. The van der Waals surface area contributed by atoms with Gasteiger partial charge in [0.15, 0.2) is 5.78 Å². The highest BCUT2D eigenvalue weighted by atomic mass is 16.1. The number of hydrogen-bond acceptors (Lipinski definition) is 2. The first-order valence-corrected chi connectivity index (χ1v) is 5.27. The van der Waals surface area contributed by atoms with Gasteiger partial charge in [0.05, 0.1) is 6.04 Å². The van der Waals surface area contributed by atoms with Crippen LogP contribution in [-0.4, -0.2) is 11.8 Å². The van der Waals surface area contributed by atoms with Crippen LogP contribution in [0.5, 0.6) is 0 Å². The van der Waals surface area contributed by atoms with Crippen molar-refractivity contribution in [2.75, 3.05) is 0 Å². The van der Waals surface area contributed by atoms with Crippen molar-refractivity contribution in [2.45, 2.75) is 6.04 Å². The second-order valence-corrected chi connectivity index (χ2v) is 4.00. The summed E-state index contributed by atoms with van der Waals surface area (Å²) in [4.78, 5) is 11.9. The summed E-state index contributed by atoms with van der Waals surface area (Å²) in [6.07, 6.45) is 3.71. The Labute approximate surface area is 93.4 Å². The summed E-state index contributed by atoms with van der Waals surface area (Å²) in [5.41, 5.74) is 7.42. The van der Waals surface area contributed by atoms with E-state index in [1.807, 2.05) is 42.5 Å². The van der Waals surface area contributed by atoms with E-state index in [-0.39, 0.29) is 5.78 Å². The van der Waals surface area contributed by atoms with Crippen LogP contribution < -0.4 is 5.73 Å². The van der Waals surface area contributed by atoms with Gasteiger partial charge in [-0.15, -0.1) is 0 Å². The summed E-state index contributed by atoms with van der Waals surface area (Å²) in [6.45, 7) is 0. The maximum Gasteiger partial charge on any atom is 0.184 e. The molecule has 1 unspecified atom stereocenters. The minimum absolute atomic E-state index is 0.00301. The maximum absolute atomic E-state index is 11.9. The van der Waals surface area contributed by atoms with E-state index in [0.717, 1.165) is 21.9 Å². The molecule has 0 fully saturated rings. The minimum Gasteiger partial charge on any atom is -0.318 e. The number of carbonyl (C=O) groups is 1. The van der Waals surface area contributed by atoms with Crippen molar-refractivity contribution < 1.29 is 4.79 Å². The van der Waals surface area contributed by atoms with Crippen molar-refractivity contribution in [1.29, 1.82) is 0 Å². The van der Waals surface area contributed by atoms with E-state index in [4.69, 9.17) is 5.73 Å². The summed E-state index contributed by atoms with van der Waals surface area (Å²) in [5.74, 6) is 0.00301. The molecule has 1 atom stereocenters. The minimum atomic E-state index is -0.492. The van der Waals surface area contributed by atoms with Crippen LogP contribution in [0.3, 0.4) is 0 Å². The van der Waals surface area contributed by atoms with Crippen LogP contribution in [0.2, 0.25) is 0 Å². The Hall–Kier alpha value is -1.93. The van der Waals surface area contributed by atoms with Crippen molar-refractivity contribution in [3.8, 4) is 0 Å². The maximum atomic E-state index is 11.9. The highest BCUT2D eigenvalue weighted by Gasteiger charge is 2.21. The molecule has 0 bridgehead atoms. The Morgan fingerprint density at radius 1 is 1.06 bits per heavy atom. The molecule has 2 aromatic rings. The average Bonchev–Trinajstić information content (AvgIpc) is 2.33. The lowest BCUT2D eigenvalue weighted by Crippen LogP contribution is -2.30. The predicted molar refractivity (Wildman–Crippen MR) is 65.3 cm³/mol. The topological polar surface area (TPSA) is 43.1 Å². The Morgan fingerprint density at radius 2 is 1.88 bits per heavy atom. The van der Waals surface area contributed by atoms with Crippen molar-refractivity contribution in [1.82, 2.24) is 0 Å². The number of rotatable bonds is 0. The van der Waals surface area contributed by atoms with Crippen LogP contribution in [0.25, 0.3) is 16.8 Å². The number of fused-ring (bicyclic) bond motifs is 3. The molecule has 0 radical (unpaired) electrons. The molecule has 0 saturated heterocycles. The molecule has 0 spiro atoms. The number of nitrogens with two attached hydrogens (primary N) is 1. The molecular weight excluding hydrogens is 198 g/mol. The summed E-state index contributed by atoms with van der Waals surface area (Å²) in [7, 11) is 0. The molecule has 0 amide bonds. The summed E-state index contributed by atoms with van der Waals surface area (Å²) >= 11 is 0. The number of Topliss-reactive ketones (excluding diaryl/α,β-unsaturated/α-hetero) is 1. The zero-order chi connectivity index (χ0) is 11.1. The van der Waals surface area contributed by atoms with E-state index >= 15 is 0 Å². The van der Waals surface area contributed by atoms with Crippen molar-refractivity contribution in [3.63, 3.8) is 0 Å². The first-order valence-electron chi connectivity index (χ1n) is 5.27. The highest BCUT2D eigenvalue weighted by molar-refractivity contribution is 6.11. The SMILES string of the molecule is NC1C=Cc2c(ccc3ccccc23)C1=O. The predicted octanol–water partition coefficient (Wildman–Crippen LogP) is 2.38. The van der Waals surface area contributed by atoms with Gasteiger partial charge in [-0.25, -0.2) is 0 Å². The first kappa shape index (κ1) is 9.31. The van der Waals surface area contributed by atoms with Gasteiger partial charge >= 0.3 is 0 Å².